The molecule has 1 aliphatic rings. The number of thiophene rings is 1. The molecule has 132 valence electrons. The molecule has 1 aliphatic heterocycles. The van der Waals surface area contributed by atoms with E-state index in [0.717, 1.165) is 22.6 Å². The van der Waals surface area contributed by atoms with Crippen molar-refractivity contribution >= 4 is 22.9 Å². The molecule has 0 atom stereocenters. The highest BCUT2D eigenvalue weighted by molar-refractivity contribution is 7.12. The van der Waals surface area contributed by atoms with E-state index in [2.05, 4.69) is 5.32 Å². The molecule has 0 saturated heterocycles. The van der Waals surface area contributed by atoms with Gasteiger partial charge in [0.1, 0.15) is 12.4 Å². The lowest BCUT2D eigenvalue weighted by atomic mass is 10.2. The van der Waals surface area contributed by atoms with E-state index in [1.165, 1.54) is 11.3 Å². The standard InChI is InChI=1S/C20H17NO4S/c1-13-3-2-4-15(7-13)21-20(22)19-8-14(11-26-19)10-23-16-5-6-17-18(9-16)25-12-24-17/h2-9,11H,10,12H2,1H3,(H,21,22). The van der Waals surface area contributed by atoms with Gasteiger partial charge in [0, 0.05) is 17.3 Å². The molecule has 0 radical (unpaired) electrons. The van der Waals surface area contributed by atoms with Gasteiger partial charge in [-0.05, 0) is 48.2 Å². The summed E-state index contributed by atoms with van der Waals surface area (Å²) in [6, 6.07) is 15.0. The van der Waals surface area contributed by atoms with Gasteiger partial charge < -0.3 is 19.5 Å². The van der Waals surface area contributed by atoms with E-state index < -0.39 is 0 Å². The predicted octanol–water partition coefficient (Wildman–Crippen LogP) is 4.62. The number of carbonyl (C=O) groups excluding carboxylic acids is 1. The lowest BCUT2D eigenvalue weighted by molar-refractivity contribution is 0.103. The first-order valence-electron chi connectivity index (χ1n) is 8.15. The quantitative estimate of drug-likeness (QED) is 0.715. The van der Waals surface area contributed by atoms with Crippen molar-refractivity contribution in [3.63, 3.8) is 0 Å². The monoisotopic (exact) mass is 367 g/mol. The molecule has 2 aromatic carbocycles. The summed E-state index contributed by atoms with van der Waals surface area (Å²) in [4.78, 5) is 13.0. The number of benzene rings is 2. The van der Waals surface area contributed by atoms with Crippen LogP contribution in [0, 0.1) is 6.92 Å². The van der Waals surface area contributed by atoms with E-state index >= 15 is 0 Å². The fourth-order valence-electron chi connectivity index (χ4n) is 2.62. The maximum Gasteiger partial charge on any atom is 0.265 e. The van der Waals surface area contributed by atoms with E-state index in [9.17, 15) is 4.79 Å². The lowest BCUT2D eigenvalue weighted by Crippen LogP contribution is -2.10. The third-order valence-electron chi connectivity index (χ3n) is 3.90. The molecule has 1 amide bonds. The van der Waals surface area contributed by atoms with Crippen molar-refractivity contribution in [2.45, 2.75) is 13.5 Å². The summed E-state index contributed by atoms with van der Waals surface area (Å²) in [7, 11) is 0. The van der Waals surface area contributed by atoms with Crippen LogP contribution in [0.1, 0.15) is 20.8 Å². The number of aryl methyl sites for hydroxylation is 1. The molecule has 3 aromatic rings. The summed E-state index contributed by atoms with van der Waals surface area (Å²) in [5, 5.41) is 4.84. The zero-order chi connectivity index (χ0) is 17.9. The number of fused-ring (bicyclic) bond motifs is 1. The van der Waals surface area contributed by atoms with E-state index in [-0.39, 0.29) is 12.7 Å². The summed E-state index contributed by atoms with van der Waals surface area (Å²) in [5.41, 5.74) is 2.84. The molecule has 0 fully saturated rings. The number of anilines is 1. The number of rotatable bonds is 5. The Morgan fingerprint density at radius 3 is 2.92 bits per heavy atom. The van der Waals surface area contributed by atoms with Crippen molar-refractivity contribution in [2.75, 3.05) is 12.1 Å². The van der Waals surface area contributed by atoms with Crippen LogP contribution < -0.4 is 19.5 Å². The van der Waals surface area contributed by atoms with Crippen molar-refractivity contribution in [3.8, 4) is 17.2 Å². The SMILES string of the molecule is Cc1cccc(NC(=O)c2cc(COc3ccc4c(c3)OCO4)cs2)c1. The van der Waals surface area contributed by atoms with Gasteiger partial charge in [-0.2, -0.15) is 0 Å². The Bertz CT molecular complexity index is 950. The number of nitrogens with one attached hydrogen (secondary N) is 1. The van der Waals surface area contributed by atoms with Crippen LogP contribution in [-0.4, -0.2) is 12.7 Å². The molecule has 26 heavy (non-hydrogen) atoms. The van der Waals surface area contributed by atoms with Gasteiger partial charge in [0.15, 0.2) is 11.5 Å². The number of carbonyl (C=O) groups is 1. The first-order chi connectivity index (χ1) is 12.7. The molecule has 2 heterocycles. The Balaban J connectivity index is 1.37. The van der Waals surface area contributed by atoms with Crippen LogP contribution in [0.2, 0.25) is 0 Å². The largest absolute Gasteiger partial charge is 0.489 e. The molecule has 4 rings (SSSR count). The van der Waals surface area contributed by atoms with Gasteiger partial charge in [-0.1, -0.05) is 12.1 Å². The Kier molecular flexibility index (Phi) is 4.50. The minimum atomic E-state index is -0.116. The summed E-state index contributed by atoms with van der Waals surface area (Å²) >= 11 is 1.40. The number of ether oxygens (including phenoxy) is 3. The number of hydrogen-bond donors (Lipinski definition) is 1. The fourth-order valence-corrected chi connectivity index (χ4v) is 3.41. The summed E-state index contributed by atoms with van der Waals surface area (Å²) in [5.74, 6) is 2.00. The Morgan fingerprint density at radius 1 is 1.15 bits per heavy atom. The molecule has 0 aliphatic carbocycles. The molecular weight excluding hydrogens is 350 g/mol. The average molecular weight is 367 g/mol. The minimum absolute atomic E-state index is 0.116. The van der Waals surface area contributed by atoms with Gasteiger partial charge in [0.25, 0.3) is 5.91 Å². The van der Waals surface area contributed by atoms with Gasteiger partial charge in [-0.25, -0.2) is 0 Å². The van der Waals surface area contributed by atoms with Crippen molar-refractivity contribution in [3.05, 3.63) is 69.9 Å². The third kappa shape index (κ3) is 3.65. The molecule has 1 aromatic heterocycles. The van der Waals surface area contributed by atoms with E-state index in [1.807, 2.05) is 54.8 Å². The molecular formula is C20H17NO4S. The van der Waals surface area contributed by atoms with E-state index in [1.54, 1.807) is 6.07 Å². The second-order valence-electron chi connectivity index (χ2n) is 5.95. The van der Waals surface area contributed by atoms with E-state index in [0.29, 0.717) is 23.0 Å². The summed E-state index contributed by atoms with van der Waals surface area (Å²) < 4.78 is 16.4. The first-order valence-corrected chi connectivity index (χ1v) is 9.03. The predicted molar refractivity (Wildman–Crippen MR) is 100 cm³/mol. The molecule has 0 bridgehead atoms. The topological polar surface area (TPSA) is 56.8 Å². The van der Waals surface area contributed by atoms with Crippen LogP contribution in [0.15, 0.2) is 53.9 Å². The van der Waals surface area contributed by atoms with Crippen LogP contribution in [0.5, 0.6) is 17.2 Å². The zero-order valence-electron chi connectivity index (χ0n) is 14.2. The van der Waals surface area contributed by atoms with Crippen LogP contribution in [-0.2, 0) is 6.61 Å². The number of hydrogen-bond acceptors (Lipinski definition) is 5. The van der Waals surface area contributed by atoms with Crippen LogP contribution >= 0.6 is 11.3 Å². The maximum atomic E-state index is 12.4. The molecule has 1 N–H and O–H groups in total. The maximum absolute atomic E-state index is 12.4. The van der Waals surface area contributed by atoms with Gasteiger partial charge in [-0.3, -0.25) is 4.79 Å². The highest BCUT2D eigenvalue weighted by atomic mass is 32.1. The van der Waals surface area contributed by atoms with Gasteiger partial charge in [0.2, 0.25) is 6.79 Å². The highest BCUT2D eigenvalue weighted by Crippen LogP contribution is 2.35. The van der Waals surface area contributed by atoms with Crippen LogP contribution in [0.4, 0.5) is 5.69 Å². The Morgan fingerprint density at radius 2 is 2.04 bits per heavy atom. The Labute approximate surface area is 155 Å². The first kappa shape index (κ1) is 16.5. The van der Waals surface area contributed by atoms with Gasteiger partial charge >= 0.3 is 0 Å². The van der Waals surface area contributed by atoms with Gasteiger partial charge in [0.05, 0.1) is 4.88 Å². The Hall–Kier alpha value is -2.99. The average Bonchev–Trinajstić information content (AvgIpc) is 3.29. The normalized spacial score (nSPS) is 12.0. The third-order valence-corrected chi connectivity index (χ3v) is 4.88. The second-order valence-corrected chi connectivity index (χ2v) is 6.86. The summed E-state index contributed by atoms with van der Waals surface area (Å²) in [6.07, 6.45) is 0. The lowest BCUT2D eigenvalue weighted by Gasteiger charge is -2.06. The van der Waals surface area contributed by atoms with Crippen molar-refractivity contribution in [2.24, 2.45) is 0 Å². The highest BCUT2D eigenvalue weighted by Gasteiger charge is 2.14. The van der Waals surface area contributed by atoms with Crippen LogP contribution in [0.3, 0.4) is 0 Å². The molecule has 0 saturated carbocycles. The molecule has 6 heteroatoms. The fraction of sp³-hybridized carbons (Fsp3) is 0.150. The zero-order valence-corrected chi connectivity index (χ0v) is 15.0. The van der Waals surface area contributed by atoms with E-state index in [4.69, 9.17) is 14.2 Å². The number of amides is 1. The molecule has 0 spiro atoms. The van der Waals surface area contributed by atoms with Gasteiger partial charge in [-0.15, -0.1) is 11.3 Å². The minimum Gasteiger partial charge on any atom is -0.489 e. The smallest absolute Gasteiger partial charge is 0.265 e. The van der Waals surface area contributed by atoms with Crippen molar-refractivity contribution in [1.82, 2.24) is 0 Å². The molecule has 0 unspecified atom stereocenters. The van der Waals surface area contributed by atoms with Crippen molar-refractivity contribution in [1.29, 1.82) is 0 Å². The van der Waals surface area contributed by atoms with Crippen molar-refractivity contribution < 1.29 is 19.0 Å². The molecule has 5 nitrogen and oxygen atoms in total. The van der Waals surface area contributed by atoms with Crippen LogP contribution in [0.25, 0.3) is 0 Å². The second kappa shape index (κ2) is 7.09. The summed E-state index contributed by atoms with van der Waals surface area (Å²) in [6.45, 7) is 2.61.